The summed E-state index contributed by atoms with van der Waals surface area (Å²) >= 11 is 0. The summed E-state index contributed by atoms with van der Waals surface area (Å²) in [4.78, 5) is 24.0. The highest BCUT2D eigenvalue weighted by Gasteiger charge is 2.09. The topological polar surface area (TPSA) is 63.0 Å². The van der Waals surface area contributed by atoms with E-state index in [0.717, 1.165) is 16.6 Å². The van der Waals surface area contributed by atoms with Gasteiger partial charge in [-0.25, -0.2) is 9.38 Å². The SMILES string of the molecule is O=c1cc(-c2cccnc2)[nH]c2nc3ccccc3n12. The number of benzene rings is 1. The van der Waals surface area contributed by atoms with Crippen molar-refractivity contribution in [2.24, 2.45) is 0 Å². The number of aromatic amines is 1. The van der Waals surface area contributed by atoms with Gasteiger partial charge in [0, 0.05) is 24.0 Å². The van der Waals surface area contributed by atoms with Crippen LogP contribution in [0.5, 0.6) is 0 Å². The minimum Gasteiger partial charge on any atom is -0.324 e. The molecule has 5 heteroatoms. The Kier molecular flexibility index (Phi) is 2.20. The Morgan fingerprint density at radius 2 is 2.00 bits per heavy atom. The van der Waals surface area contributed by atoms with E-state index in [1.165, 1.54) is 0 Å². The van der Waals surface area contributed by atoms with Crippen LogP contribution in [0.3, 0.4) is 0 Å². The average Bonchev–Trinajstić information content (AvgIpc) is 2.87. The van der Waals surface area contributed by atoms with Gasteiger partial charge < -0.3 is 4.98 Å². The lowest BCUT2D eigenvalue weighted by atomic mass is 10.2. The average molecular weight is 262 g/mol. The molecule has 3 aromatic heterocycles. The van der Waals surface area contributed by atoms with Gasteiger partial charge >= 0.3 is 0 Å². The molecule has 96 valence electrons. The van der Waals surface area contributed by atoms with Crippen molar-refractivity contribution in [3.8, 4) is 11.3 Å². The molecule has 0 aliphatic rings. The second-order valence-electron chi connectivity index (χ2n) is 4.52. The van der Waals surface area contributed by atoms with Crippen LogP contribution in [-0.2, 0) is 0 Å². The third kappa shape index (κ3) is 1.53. The zero-order valence-corrected chi connectivity index (χ0v) is 10.4. The van der Waals surface area contributed by atoms with E-state index in [1.54, 1.807) is 22.9 Å². The third-order valence-electron chi connectivity index (χ3n) is 3.27. The molecule has 0 saturated carbocycles. The van der Waals surface area contributed by atoms with E-state index in [-0.39, 0.29) is 5.56 Å². The van der Waals surface area contributed by atoms with Crippen LogP contribution < -0.4 is 5.56 Å². The van der Waals surface area contributed by atoms with Gasteiger partial charge in [-0.3, -0.25) is 9.78 Å². The molecule has 1 N–H and O–H groups in total. The maximum atomic E-state index is 12.3. The molecule has 0 radical (unpaired) electrons. The van der Waals surface area contributed by atoms with E-state index in [2.05, 4.69) is 15.0 Å². The Balaban J connectivity index is 2.09. The van der Waals surface area contributed by atoms with Gasteiger partial charge in [-0.1, -0.05) is 12.1 Å². The zero-order chi connectivity index (χ0) is 13.5. The highest BCUT2D eigenvalue weighted by atomic mass is 16.1. The van der Waals surface area contributed by atoms with Crippen molar-refractivity contribution in [2.45, 2.75) is 0 Å². The molecule has 1 aromatic carbocycles. The molecule has 0 amide bonds. The smallest absolute Gasteiger partial charge is 0.260 e. The van der Waals surface area contributed by atoms with E-state index >= 15 is 0 Å². The first-order valence-electron chi connectivity index (χ1n) is 6.24. The minimum absolute atomic E-state index is 0.105. The zero-order valence-electron chi connectivity index (χ0n) is 10.4. The summed E-state index contributed by atoms with van der Waals surface area (Å²) < 4.78 is 1.58. The number of imidazole rings is 1. The molecule has 20 heavy (non-hydrogen) atoms. The Hall–Kier alpha value is -2.95. The van der Waals surface area contributed by atoms with Gasteiger partial charge in [0.2, 0.25) is 5.78 Å². The first kappa shape index (κ1) is 10.9. The van der Waals surface area contributed by atoms with Crippen molar-refractivity contribution in [1.82, 2.24) is 19.4 Å². The Morgan fingerprint density at radius 1 is 1.10 bits per heavy atom. The van der Waals surface area contributed by atoms with Crippen molar-refractivity contribution in [3.05, 3.63) is 65.2 Å². The van der Waals surface area contributed by atoms with E-state index in [9.17, 15) is 4.79 Å². The van der Waals surface area contributed by atoms with Gasteiger partial charge in [0.1, 0.15) is 0 Å². The molecule has 0 saturated heterocycles. The summed E-state index contributed by atoms with van der Waals surface area (Å²) in [5, 5.41) is 0. The maximum absolute atomic E-state index is 12.3. The van der Waals surface area contributed by atoms with Gasteiger partial charge in [-0.15, -0.1) is 0 Å². The van der Waals surface area contributed by atoms with Crippen LogP contribution >= 0.6 is 0 Å². The van der Waals surface area contributed by atoms with Crippen molar-refractivity contribution in [3.63, 3.8) is 0 Å². The number of pyridine rings is 1. The van der Waals surface area contributed by atoms with Crippen LogP contribution in [0.15, 0.2) is 59.7 Å². The first-order valence-corrected chi connectivity index (χ1v) is 6.24. The van der Waals surface area contributed by atoms with Crippen LogP contribution in [0.2, 0.25) is 0 Å². The lowest BCUT2D eigenvalue weighted by Gasteiger charge is -2.01. The maximum Gasteiger partial charge on any atom is 0.260 e. The van der Waals surface area contributed by atoms with Gasteiger partial charge in [-0.2, -0.15) is 0 Å². The molecule has 0 aliphatic carbocycles. The van der Waals surface area contributed by atoms with E-state index in [0.29, 0.717) is 11.5 Å². The standard InChI is InChI=1S/C15H10N4O/c20-14-8-12(10-4-3-7-16-9-10)18-15-17-11-5-1-2-6-13(11)19(14)15/h1-9H,(H,17,18). The normalized spacial score (nSPS) is 11.2. The van der Waals surface area contributed by atoms with E-state index in [4.69, 9.17) is 0 Å². The van der Waals surface area contributed by atoms with Crippen molar-refractivity contribution >= 4 is 16.8 Å². The van der Waals surface area contributed by atoms with Gasteiger partial charge in [-0.05, 0) is 24.3 Å². The molecule has 0 unspecified atom stereocenters. The molecule has 5 nitrogen and oxygen atoms in total. The Bertz CT molecular complexity index is 969. The summed E-state index contributed by atoms with van der Waals surface area (Å²) in [6.45, 7) is 0. The van der Waals surface area contributed by atoms with E-state index in [1.807, 2.05) is 36.4 Å². The molecule has 4 rings (SSSR count). The fraction of sp³-hybridized carbons (Fsp3) is 0. The summed E-state index contributed by atoms with van der Waals surface area (Å²) in [6.07, 6.45) is 3.41. The number of aromatic nitrogens is 4. The summed E-state index contributed by atoms with van der Waals surface area (Å²) in [5.74, 6) is 0.539. The highest BCUT2D eigenvalue weighted by molar-refractivity contribution is 5.79. The van der Waals surface area contributed by atoms with Crippen molar-refractivity contribution in [1.29, 1.82) is 0 Å². The predicted molar refractivity (Wildman–Crippen MR) is 76.5 cm³/mol. The van der Waals surface area contributed by atoms with Crippen LogP contribution in [0.1, 0.15) is 0 Å². The molecule has 0 aliphatic heterocycles. The van der Waals surface area contributed by atoms with Crippen LogP contribution in [-0.4, -0.2) is 19.4 Å². The molecule has 0 fully saturated rings. The molecular formula is C15H10N4O. The van der Waals surface area contributed by atoms with Gasteiger partial charge in [0.15, 0.2) is 0 Å². The largest absolute Gasteiger partial charge is 0.324 e. The number of rotatable bonds is 1. The summed E-state index contributed by atoms with van der Waals surface area (Å²) in [7, 11) is 0. The molecule has 0 bridgehead atoms. The second-order valence-corrected chi connectivity index (χ2v) is 4.52. The number of para-hydroxylation sites is 2. The number of nitrogens with zero attached hydrogens (tertiary/aromatic N) is 3. The number of hydrogen-bond acceptors (Lipinski definition) is 3. The highest BCUT2D eigenvalue weighted by Crippen LogP contribution is 2.17. The quantitative estimate of drug-likeness (QED) is 0.572. The lowest BCUT2D eigenvalue weighted by molar-refractivity contribution is 1.08. The molecule has 3 heterocycles. The van der Waals surface area contributed by atoms with Crippen LogP contribution in [0, 0.1) is 0 Å². The van der Waals surface area contributed by atoms with Crippen LogP contribution in [0.25, 0.3) is 28.1 Å². The fourth-order valence-electron chi connectivity index (χ4n) is 2.36. The fourth-order valence-corrected chi connectivity index (χ4v) is 2.36. The minimum atomic E-state index is -0.105. The number of H-pyrrole nitrogens is 1. The van der Waals surface area contributed by atoms with Crippen molar-refractivity contribution in [2.75, 3.05) is 0 Å². The van der Waals surface area contributed by atoms with Crippen molar-refractivity contribution < 1.29 is 0 Å². The van der Waals surface area contributed by atoms with Gasteiger partial charge in [0.05, 0.1) is 16.7 Å². The summed E-state index contributed by atoms with van der Waals surface area (Å²) in [5.41, 5.74) is 3.07. The molecule has 0 spiro atoms. The monoisotopic (exact) mass is 262 g/mol. The van der Waals surface area contributed by atoms with Gasteiger partial charge in [0.25, 0.3) is 5.56 Å². The number of fused-ring (bicyclic) bond motifs is 3. The molecular weight excluding hydrogens is 252 g/mol. The molecule has 0 atom stereocenters. The molecule has 4 aromatic rings. The number of hydrogen-bond donors (Lipinski definition) is 1. The predicted octanol–water partition coefficient (Wildman–Crippen LogP) is 2.24. The van der Waals surface area contributed by atoms with Crippen LogP contribution in [0.4, 0.5) is 0 Å². The summed E-state index contributed by atoms with van der Waals surface area (Å²) in [6, 6.07) is 12.9. The first-order chi connectivity index (χ1) is 9.83. The Labute approximate surface area is 113 Å². The second kappa shape index (κ2) is 4.03. The third-order valence-corrected chi connectivity index (χ3v) is 3.27. The van der Waals surface area contributed by atoms with E-state index < -0.39 is 0 Å². The lowest BCUT2D eigenvalue weighted by Crippen LogP contribution is -2.12. The Morgan fingerprint density at radius 3 is 2.85 bits per heavy atom. The number of nitrogens with one attached hydrogen (secondary N) is 1.